The van der Waals surface area contributed by atoms with Crippen molar-refractivity contribution in [3.8, 4) is 0 Å². The quantitative estimate of drug-likeness (QED) is 0.752. The summed E-state index contributed by atoms with van der Waals surface area (Å²) >= 11 is 0. The third-order valence-electron chi connectivity index (χ3n) is 4.77. The zero-order chi connectivity index (χ0) is 13.5. The van der Waals surface area contributed by atoms with Crippen LogP contribution in [0.2, 0.25) is 0 Å². The van der Waals surface area contributed by atoms with E-state index in [1.54, 1.807) is 0 Å². The van der Waals surface area contributed by atoms with Gasteiger partial charge in [0.05, 0.1) is 5.54 Å². The Kier molecular flexibility index (Phi) is 3.58. The molecule has 0 radical (unpaired) electrons. The Labute approximate surface area is 111 Å². The van der Waals surface area contributed by atoms with Gasteiger partial charge >= 0.3 is 6.03 Å². The maximum Gasteiger partial charge on any atom is 0.320 e. The fraction of sp³-hybridized carbons (Fsp3) is 0.929. The van der Waals surface area contributed by atoms with Crippen LogP contribution >= 0.6 is 0 Å². The molecule has 18 heavy (non-hydrogen) atoms. The molecule has 0 bridgehead atoms. The minimum absolute atomic E-state index is 0.143. The Morgan fingerprint density at radius 3 is 2.17 bits per heavy atom. The van der Waals surface area contributed by atoms with Gasteiger partial charge in [-0.3, -0.25) is 4.90 Å². The molecule has 0 N–H and O–H groups in total. The summed E-state index contributed by atoms with van der Waals surface area (Å²) in [7, 11) is 1.91. The summed E-state index contributed by atoms with van der Waals surface area (Å²) in [6, 6.07) is 1.07. The van der Waals surface area contributed by atoms with E-state index in [-0.39, 0.29) is 17.6 Å². The largest absolute Gasteiger partial charge is 0.325 e. The lowest BCUT2D eigenvalue weighted by Gasteiger charge is -2.52. The van der Waals surface area contributed by atoms with Crippen LogP contribution in [0.15, 0.2) is 0 Å². The lowest BCUT2D eigenvalue weighted by atomic mass is 9.84. The first-order valence-corrected chi connectivity index (χ1v) is 7.16. The molecule has 2 amide bonds. The second-order valence-electron chi connectivity index (χ2n) is 6.43. The van der Waals surface area contributed by atoms with E-state index in [0.29, 0.717) is 6.04 Å². The standard InChI is InChI=1S/C14H27N3O/c1-11(2)15(5)13(18)17-9-7-14(17)6-8-16(10-14)12(3)4/h11-12H,6-10H2,1-5H3. The average Bonchev–Trinajstić information content (AvgIpc) is 2.73. The Balaban J connectivity index is 2.02. The molecule has 104 valence electrons. The van der Waals surface area contributed by atoms with Gasteiger partial charge in [0.2, 0.25) is 0 Å². The predicted molar refractivity (Wildman–Crippen MR) is 73.7 cm³/mol. The first-order chi connectivity index (χ1) is 8.37. The summed E-state index contributed by atoms with van der Waals surface area (Å²) in [4.78, 5) is 18.9. The van der Waals surface area contributed by atoms with Gasteiger partial charge in [-0.25, -0.2) is 4.79 Å². The van der Waals surface area contributed by atoms with E-state index in [9.17, 15) is 4.79 Å². The van der Waals surface area contributed by atoms with Crippen LogP contribution in [0.25, 0.3) is 0 Å². The fourth-order valence-electron chi connectivity index (χ4n) is 3.00. The predicted octanol–water partition coefficient (Wildman–Crippen LogP) is 2.01. The van der Waals surface area contributed by atoms with Crippen LogP contribution in [0.1, 0.15) is 40.5 Å². The number of likely N-dealkylation sites (tertiary alicyclic amines) is 2. The van der Waals surface area contributed by atoms with Crippen LogP contribution in [-0.4, -0.2) is 65.0 Å². The highest BCUT2D eigenvalue weighted by Crippen LogP contribution is 2.40. The molecule has 2 aliphatic rings. The van der Waals surface area contributed by atoms with Crippen LogP contribution < -0.4 is 0 Å². The highest BCUT2D eigenvalue weighted by atomic mass is 16.2. The highest BCUT2D eigenvalue weighted by Gasteiger charge is 2.52. The Morgan fingerprint density at radius 2 is 1.78 bits per heavy atom. The van der Waals surface area contributed by atoms with Crippen LogP contribution in [0.3, 0.4) is 0 Å². The van der Waals surface area contributed by atoms with E-state index in [2.05, 4.69) is 37.5 Å². The lowest BCUT2D eigenvalue weighted by Crippen LogP contribution is -2.66. The van der Waals surface area contributed by atoms with E-state index >= 15 is 0 Å². The first-order valence-electron chi connectivity index (χ1n) is 7.16. The third-order valence-corrected chi connectivity index (χ3v) is 4.77. The van der Waals surface area contributed by atoms with E-state index in [1.807, 2.05) is 11.9 Å². The molecule has 1 spiro atoms. The van der Waals surface area contributed by atoms with Gasteiger partial charge in [0.1, 0.15) is 0 Å². The Bertz CT molecular complexity index is 329. The molecule has 0 aromatic rings. The molecule has 0 aliphatic carbocycles. The molecule has 2 heterocycles. The summed E-state index contributed by atoms with van der Waals surface area (Å²) < 4.78 is 0. The van der Waals surface area contributed by atoms with Crippen LogP contribution in [0.5, 0.6) is 0 Å². The zero-order valence-electron chi connectivity index (χ0n) is 12.4. The van der Waals surface area contributed by atoms with Crippen molar-refractivity contribution >= 4 is 6.03 Å². The van der Waals surface area contributed by atoms with Crippen molar-refractivity contribution in [1.82, 2.24) is 14.7 Å². The number of hydrogen-bond donors (Lipinski definition) is 0. The Morgan fingerprint density at radius 1 is 1.17 bits per heavy atom. The Hall–Kier alpha value is -0.770. The number of carbonyl (C=O) groups excluding carboxylic acids is 1. The number of amides is 2. The van der Waals surface area contributed by atoms with Crippen LogP contribution in [0, 0.1) is 0 Å². The maximum absolute atomic E-state index is 12.4. The fourth-order valence-corrected chi connectivity index (χ4v) is 3.00. The van der Waals surface area contributed by atoms with Gasteiger partial charge in [0.25, 0.3) is 0 Å². The summed E-state index contributed by atoms with van der Waals surface area (Å²) in [5.41, 5.74) is 0.143. The van der Waals surface area contributed by atoms with E-state index < -0.39 is 0 Å². The second-order valence-corrected chi connectivity index (χ2v) is 6.43. The number of hydrogen-bond acceptors (Lipinski definition) is 2. The SMILES string of the molecule is CC(C)N1CCC2(CCN2C(=O)N(C)C(C)C)C1. The lowest BCUT2D eigenvalue weighted by molar-refractivity contribution is 0.0114. The number of nitrogens with zero attached hydrogens (tertiary/aromatic N) is 3. The molecule has 4 heteroatoms. The summed E-state index contributed by atoms with van der Waals surface area (Å²) in [6.07, 6.45) is 2.32. The molecule has 0 aromatic heterocycles. The van der Waals surface area contributed by atoms with Gasteiger partial charge < -0.3 is 9.80 Å². The molecule has 2 fully saturated rings. The molecule has 4 nitrogen and oxygen atoms in total. The topological polar surface area (TPSA) is 26.8 Å². The van der Waals surface area contributed by atoms with E-state index in [1.165, 1.54) is 6.42 Å². The number of rotatable bonds is 2. The average molecular weight is 253 g/mol. The van der Waals surface area contributed by atoms with E-state index in [4.69, 9.17) is 0 Å². The van der Waals surface area contributed by atoms with Crippen molar-refractivity contribution in [2.45, 2.75) is 58.2 Å². The molecule has 0 aromatic carbocycles. The number of carbonyl (C=O) groups is 1. The second kappa shape index (κ2) is 4.72. The van der Waals surface area contributed by atoms with Crippen molar-refractivity contribution in [3.05, 3.63) is 0 Å². The molecule has 1 atom stereocenters. The monoisotopic (exact) mass is 253 g/mol. The third kappa shape index (κ3) is 2.11. The van der Waals surface area contributed by atoms with Gasteiger partial charge in [-0.2, -0.15) is 0 Å². The smallest absolute Gasteiger partial charge is 0.320 e. The van der Waals surface area contributed by atoms with E-state index in [0.717, 1.165) is 26.1 Å². The normalized spacial score (nSPS) is 28.3. The molecular weight excluding hydrogens is 226 g/mol. The van der Waals surface area contributed by atoms with Crippen LogP contribution in [0.4, 0.5) is 4.79 Å². The summed E-state index contributed by atoms with van der Waals surface area (Å²) in [5, 5.41) is 0. The first kappa shape index (κ1) is 13.7. The van der Waals surface area contributed by atoms with Crippen molar-refractivity contribution in [2.24, 2.45) is 0 Å². The maximum atomic E-state index is 12.4. The summed E-state index contributed by atoms with van der Waals surface area (Å²) in [6.45, 7) is 11.7. The summed E-state index contributed by atoms with van der Waals surface area (Å²) in [5.74, 6) is 0. The van der Waals surface area contributed by atoms with Gasteiger partial charge in [-0.15, -0.1) is 0 Å². The molecule has 2 aliphatic heterocycles. The minimum Gasteiger partial charge on any atom is -0.325 e. The molecule has 2 rings (SSSR count). The number of urea groups is 1. The van der Waals surface area contributed by atoms with Gasteiger partial charge in [-0.05, 0) is 40.5 Å². The molecule has 1 unspecified atom stereocenters. The van der Waals surface area contributed by atoms with Gasteiger partial charge in [0, 0.05) is 38.8 Å². The van der Waals surface area contributed by atoms with Crippen molar-refractivity contribution in [2.75, 3.05) is 26.7 Å². The van der Waals surface area contributed by atoms with Crippen LogP contribution in [-0.2, 0) is 0 Å². The van der Waals surface area contributed by atoms with Gasteiger partial charge in [-0.1, -0.05) is 0 Å². The van der Waals surface area contributed by atoms with Crippen molar-refractivity contribution in [3.63, 3.8) is 0 Å². The zero-order valence-corrected chi connectivity index (χ0v) is 12.4. The highest BCUT2D eigenvalue weighted by molar-refractivity contribution is 5.76. The van der Waals surface area contributed by atoms with Crippen molar-refractivity contribution in [1.29, 1.82) is 0 Å². The van der Waals surface area contributed by atoms with Gasteiger partial charge in [0.15, 0.2) is 0 Å². The van der Waals surface area contributed by atoms with Crippen molar-refractivity contribution < 1.29 is 4.79 Å². The minimum atomic E-state index is 0.143. The molecule has 2 saturated heterocycles. The molecular formula is C14H27N3O. The molecule has 0 saturated carbocycles.